The second-order valence-electron chi connectivity index (χ2n) is 8.02. The van der Waals surface area contributed by atoms with Crippen LogP contribution in [-0.4, -0.2) is 25.3 Å². The van der Waals surface area contributed by atoms with E-state index in [1.54, 1.807) is 23.1 Å². The Kier molecular flexibility index (Phi) is 7.17. The van der Waals surface area contributed by atoms with E-state index in [2.05, 4.69) is 0 Å². The summed E-state index contributed by atoms with van der Waals surface area (Å²) < 4.78 is 69.7. The number of nitrogens with zero attached hydrogens (tertiary/aromatic N) is 1. The fraction of sp³-hybridized carbons (Fsp3) is 0.435. The van der Waals surface area contributed by atoms with E-state index in [0.717, 1.165) is 43.9 Å². The standard InChI is InChI=1S/C23H26F3NO4S/c1-3-16(2)27(22(28)17-9-6-10-17)15-18-8-4-5-13-21(18)31-32(29,30)20-12-7-11-19(14-20)23(24,25)26/h4-5,7-8,11-14,16-17H,3,6,9-10,15H2,1-2H3. The van der Waals surface area contributed by atoms with Gasteiger partial charge in [-0.2, -0.15) is 21.6 Å². The molecule has 0 heterocycles. The van der Waals surface area contributed by atoms with Gasteiger partial charge in [0.1, 0.15) is 10.6 Å². The maximum atomic E-state index is 13.0. The molecule has 1 fully saturated rings. The van der Waals surface area contributed by atoms with Crippen LogP contribution in [0.15, 0.2) is 53.4 Å². The Morgan fingerprint density at radius 2 is 1.84 bits per heavy atom. The zero-order chi connectivity index (χ0) is 23.5. The van der Waals surface area contributed by atoms with Crippen molar-refractivity contribution in [2.45, 2.75) is 63.2 Å². The van der Waals surface area contributed by atoms with Crippen LogP contribution in [-0.2, 0) is 27.6 Å². The summed E-state index contributed by atoms with van der Waals surface area (Å²) >= 11 is 0. The van der Waals surface area contributed by atoms with Crippen molar-refractivity contribution in [3.63, 3.8) is 0 Å². The highest BCUT2D eigenvalue weighted by Crippen LogP contribution is 2.33. The molecule has 174 valence electrons. The molecule has 3 rings (SSSR count). The maximum Gasteiger partial charge on any atom is 0.416 e. The number of rotatable bonds is 8. The zero-order valence-corrected chi connectivity index (χ0v) is 18.7. The van der Waals surface area contributed by atoms with E-state index in [0.29, 0.717) is 11.6 Å². The lowest BCUT2D eigenvalue weighted by Gasteiger charge is -2.35. The van der Waals surface area contributed by atoms with Crippen LogP contribution in [0.5, 0.6) is 5.75 Å². The van der Waals surface area contributed by atoms with Crippen molar-refractivity contribution < 1.29 is 30.6 Å². The number of hydrogen-bond donors (Lipinski definition) is 0. The second kappa shape index (κ2) is 9.52. The highest BCUT2D eigenvalue weighted by atomic mass is 32.2. The predicted molar refractivity (Wildman–Crippen MR) is 113 cm³/mol. The van der Waals surface area contributed by atoms with Crippen LogP contribution in [0.4, 0.5) is 13.2 Å². The Hall–Kier alpha value is -2.55. The molecule has 2 aromatic rings. The first kappa shape index (κ1) is 24.1. The molecule has 1 aliphatic carbocycles. The zero-order valence-electron chi connectivity index (χ0n) is 17.9. The largest absolute Gasteiger partial charge is 0.416 e. The minimum atomic E-state index is -4.68. The molecule has 0 aromatic heterocycles. The lowest BCUT2D eigenvalue weighted by molar-refractivity contribution is -0.141. The molecule has 0 spiro atoms. The van der Waals surface area contributed by atoms with Gasteiger partial charge < -0.3 is 9.08 Å². The Labute approximate surface area is 186 Å². The molecular formula is C23H26F3NO4S. The highest BCUT2D eigenvalue weighted by Gasteiger charge is 2.33. The maximum absolute atomic E-state index is 13.0. The van der Waals surface area contributed by atoms with E-state index in [9.17, 15) is 26.4 Å². The molecule has 2 aromatic carbocycles. The summed E-state index contributed by atoms with van der Waals surface area (Å²) in [6, 6.07) is 9.71. The minimum Gasteiger partial charge on any atom is -0.379 e. The Morgan fingerprint density at radius 1 is 1.16 bits per heavy atom. The van der Waals surface area contributed by atoms with Crippen molar-refractivity contribution in [1.29, 1.82) is 0 Å². The SMILES string of the molecule is CCC(C)N(Cc1ccccc1OS(=O)(=O)c1cccc(C(F)(F)F)c1)C(=O)C1CCC1. The molecule has 1 aliphatic rings. The molecule has 0 saturated heterocycles. The molecule has 1 amide bonds. The van der Waals surface area contributed by atoms with E-state index >= 15 is 0 Å². The normalized spacial score (nSPS) is 15.7. The number of carbonyl (C=O) groups excluding carboxylic acids is 1. The number of para-hydroxylation sites is 1. The van der Waals surface area contributed by atoms with Gasteiger partial charge in [0.05, 0.1) is 5.56 Å². The number of amides is 1. The van der Waals surface area contributed by atoms with Crippen molar-refractivity contribution >= 4 is 16.0 Å². The summed E-state index contributed by atoms with van der Waals surface area (Å²) in [4.78, 5) is 14.1. The molecule has 1 unspecified atom stereocenters. The van der Waals surface area contributed by atoms with Crippen molar-refractivity contribution in [1.82, 2.24) is 4.90 Å². The van der Waals surface area contributed by atoms with Gasteiger partial charge in [-0.15, -0.1) is 0 Å². The van der Waals surface area contributed by atoms with Gasteiger partial charge in [-0.1, -0.05) is 37.6 Å². The van der Waals surface area contributed by atoms with E-state index in [4.69, 9.17) is 4.18 Å². The van der Waals surface area contributed by atoms with Gasteiger partial charge >= 0.3 is 16.3 Å². The van der Waals surface area contributed by atoms with Gasteiger partial charge in [-0.05, 0) is 50.5 Å². The van der Waals surface area contributed by atoms with E-state index in [1.165, 1.54) is 6.07 Å². The van der Waals surface area contributed by atoms with Crippen LogP contribution in [0.1, 0.15) is 50.7 Å². The fourth-order valence-corrected chi connectivity index (χ4v) is 4.47. The number of carbonyl (C=O) groups is 1. The van der Waals surface area contributed by atoms with Gasteiger partial charge in [0, 0.05) is 24.1 Å². The summed E-state index contributed by atoms with van der Waals surface area (Å²) in [6.07, 6.45) is -1.26. The van der Waals surface area contributed by atoms with Gasteiger partial charge in [0.2, 0.25) is 5.91 Å². The number of alkyl halides is 3. The quantitative estimate of drug-likeness (QED) is 0.486. The molecule has 9 heteroatoms. The monoisotopic (exact) mass is 469 g/mol. The molecule has 0 aliphatic heterocycles. The van der Waals surface area contributed by atoms with Crippen LogP contribution >= 0.6 is 0 Å². The smallest absolute Gasteiger partial charge is 0.379 e. The summed E-state index contributed by atoms with van der Waals surface area (Å²) in [5.74, 6) is -0.00770. The third kappa shape index (κ3) is 5.43. The molecule has 0 N–H and O–H groups in total. The highest BCUT2D eigenvalue weighted by molar-refractivity contribution is 7.87. The molecular weight excluding hydrogens is 443 g/mol. The van der Waals surface area contributed by atoms with Crippen LogP contribution in [0, 0.1) is 5.92 Å². The molecule has 5 nitrogen and oxygen atoms in total. The van der Waals surface area contributed by atoms with Gasteiger partial charge in [0.25, 0.3) is 0 Å². The van der Waals surface area contributed by atoms with Crippen molar-refractivity contribution in [3.05, 3.63) is 59.7 Å². The molecule has 1 atom stereocenters. The third-order valence-corrected chi connectivity index (χ3v) is 7.05. The van der Waals surface area contributed by atoms with Gasteiger partial charge in [-0.25, -0.2) is 0 Å². The first-order valence-corrected chi connectivity index (χ1v) is 11.9. The fourth-order valence-electron chi connectivity index (χ4n) is 3.45. The van der Waals surface area contributed by atoms with Crippen LogP contribution in [0.2, 0.25) is 0 Å². The van der Waals surface area contributed by atoms with Crippen molar-refractivity contribution in [3.8, 4) is 5.75 Å². The van der Waals surface area contributed by atoms with Crippen LogP contribution < -0.4 is 4.18 Å². The molecule has 0 radical (unpaired) electrons. The van der Waals surface area contributed by atoms with Crippen LogP contribution in [0.3, 0.4) is 0 Å². The average Bonchev–Trinajstić information content (AvgIpc) is 2.70. The lowest BCUT2D eigenvalue weighted by Crippen LogP contribution is -2.43. The summed E-state index contributed by atoms with van der Waals surface area (Å²) in [7, 11) is -4.51. The topological polar surface area (TPSA) is 63.7 Å². The summed E-state index contributed by atoms with van der Waals surface area (Å²) in [5, 5.41) is 0. The number of benzene rings is 2. The van der Waals surface area contributed by atoms with Crippen molar-refractivity contribution in [2.24, 2.45) is 5.92 Å². The first-order chi connectivity index (χ1) is 15.0. The third-order valence-electron chi connectivity index (χ3n) is 5.82. The number of hydrogen-bond acceptors (Lipinski definition) is 4. The minimum absolute atomic E-state index is 0.0142. The van der Waals surface area contributed by atoms with Crippen LogP contribution in [0.25, 0.3) is 0 Å². The summed E-state index contributed by atoms with van der Waals surface area (Å²) in [5.41, 5.74) is -0.611. The Balaban J connectivity index is 1.88. The summed E-state index contributed by atoms with van der Waals surface area (Å²) in [6.45, 7) is 4.05. The van der Waals surface area contributed by atoms with Crippen molar-refractivity contribution in [2.75, 3.05) is 0 Å². The molecule has 0 bridgehead atoms. The van der Waals surface area contributed by atoms with Gasteiger partial charge in [-0.3, -0.25) is 4.79 Å². The predicted octanol–water partition coefficient (Wildman–Crippen LogP) is 5.40. The second-order valence-corrected chi connectivity index (χ2v) is 9.57. The Bertz CT molecular complexity index is 1060. The van der Waals surface area contributed by atoms with E-state index in [1.807, 2.05) is 13.8 Å². The first-order valence-electron chi connectivity index (χ1n) is 10.5. The number of halogens is 3. The lowest BCUT2D eigenvalue weighted by atomic mass is 9.84. The molecule has 32 heavy (non-hydrogen) atoms. The van der Waals surface area contributed by atoms with E-state index < -0.39 is 26.8 Å². The van der Waals surface area contributed by atoms with E-state index in [-0.39, 0.29) is 30.2 Å². The molecule has 1 saturated carbocycles. The Morgan fingerprint density at radius 3 is 2.44 bits per heavy atom. The average molecular weight is 470 g/mol. The van der Waals surface area contributed by atoms with Gasteiger partial charge in [0.15, 0.2) is 0 Å².